The van der Waals surface area contributed by atoms with E-state index in [1.54, 1.807) is 6.92 Å². The van der Waals surface area contributed by atoms with Gasteiger partial charge in [-0.3, -0.25) is 4.79 Å². The average molecular weight is 242 g/mol. The van der Waals surface area contributed by atoms with Crippen LogP contribution in [0.5, 0.6) is 0 Å². The maximum atomic E-state index is 11.7. The summed E-state index contributed by atoms with van der Waals surface area (Å²) < 4.78 is 2.21. The molecule has 1 aliphatic heterocycles. The van der Waals surface area contributed by atoms with Crippen molar-refractivity contribution in [3.8, 4) is 0 Å². The molecule has 0 spiro atoms. The first-order chi connectivity index (χ1) is 8.70. The van der Waals surface area contributed by atoms with Crippen LogP contribution in [-0.2, 0) is 19.6 Å². The number of hydrogen-bond donors (Lipinski definition) is 1. The molecular weight excluding hydrogens is 224 g/mol. The summed E-state index contributed by atoms with van der Waals surface area (Å²) in [6.07, 6.45) is 3.09. The SMILES string of the molecule is CCCn1cc(C(C)=O)c2cc3c(cc21)CNC3. The molecule has 1 aliphatic rings. The molecule has 3 nitrogen and oxygen atoms in total. The second kappa shape index (κ2) is 4.25. The fourth-order valence-electron chi connectivity index (χ4n) is 2.79. The highest BCUT2D eigenvalue weighted by molar-refractivity contribution is 6.07. The first-order valence-electron chi connectivity index (χ1n) is 6.57. The van der Waals surface area contributed by atoms with Crippen molar-refractivity contribution in [1.82, 2.24) is 9.88 Å². The van der Waals surface area contributed by atoms with E-state index in [1.165, 1.54) is 16.6 Å². The minimum Gasteiger partial charge on any atom is -0.347 e. The molecule has 0 atom stereocenters. The molecular formula is C15H18N2O. The van der Waals surface area contributed by atoms with Crippen LogP contribution in [0.3, 0.4) is 0 Å². The Morgan fingerprint density at radius 3 is 2.72 bits per heavy atom. The molecule has 0 saturated carbocycles. The van der Waals surface area contributed by atoms with Gasteiger partial charge in [0, 0.05) is 42.3 Å². The Hall–Kier alpha value is -1.61. The average Bonchev–Trinajstić information content (AvgIpc) is 2.91. The van der Waals surface area contributed by atoms with Crippen molar-refractivity contribution < 1.29 is 4.79 Å². The van der Waals surface area contributed by atoms with E-state index < -0.39 is 0 Å². The lowest BCUT2D eigenvalue weighted by Gasteiger charge is -2.04. The van der Waals surface area contributed by atoms with Gasteiger partial charge in [-0.2, -0.15) is 0 Å². The maximum Gasteiger partial charge on any atom is 0.161 e. The van der Waals surface area contributed by atoms with Crippen molar-refractivity contribution in [2.45, 2.75) is 39.9 Å². The van der Waals surface area contributed by atoms with Crippen LogP contribution in [0.4, 0.5) is 0 Å². The molecule has 94 valence electrons. The summed E-state index contributed by atoms with van der Waals surface area (Å²) in [5.74, 6) is 0.153. The van der Waals surface area contributed by atoms with Gasteiger partial charge in [-0.05, 0) is 36.6 Å². The third kappa shape index (κ3) is 1.66. The molecule has 0 bridgehead atoms. The van der Waals surface area contributed by atoms with Crippen LogP contribution in [0.1, 0.15) is 41.8 Å². The number of nitrogens with one attached hydrogen (secondary N) is 1. The molecule has 1 aromatic carbocycles. The van der Waals surface area contributed by atoms with Crippen molar-refractivity contribution in [2.24, 2.45) is 0 Å². The summed E-state index contributed by atoms with van der Waals surface area (Å²) in [7, 11) is 0. The first kappa shape index (κ1) is 11.5. The Balaban J connectivity index is 2.27. The Morgan fingerprint density at radius 2 is 2.06 bits per heavy atom. The Morgan fingerprint density at radius 1 is 1.33 bits per heavy atom. The molecule has 3 heteroatoms. The number of carbonyl (C=O) groups is 1. The number of carbonyl (C=O) groups excluding carboxylic acids is 1. The Kier molecular flexibility index (Phi) is 2.71. The van der Waals surface area contributed by atoms with Crippen molar-refractivity contribution >= 4 is 16.7 Å². The molecule has 0 radical (unpaired) electrons. The monoisotopic (exact) mass is 242 g/mol. The van der Waals surface area contributed by atoms with Crippen LogP contribution in [0.15, 0.2) is 18.3 Å². The van der Waals surface area contributed by atoms with Gasteiger partial charge < -0.3 is 9.88 Å². The zero-order valence-electron chi connectivity index (χ0n) is 10.9. The molecule has 0 unspecified atom stereocenters. The van der Waals surface area contributed by atoms with Gasteiger partial charge in [0.25, 0.3) is 0 Å². The number of ketones is 1. The first-order valence-corrected chi connectivity index (χ1v) is 6.57. The van der Waals surface area contributed by atoms with Gasteiger partial charge >= 0.3 is 0 Å². The number of aryl methyl sites for hydroxylation is 1. The number of fused-ring (bicyclic) bond motifs is 2. The van der Waals surface area contributed by atoms with Crippen LogP contribution in [-0.4, -0.2) is 10.4 Å². The summed E-state index contributed by atoms with van der Waals surface area (Å²) in [6, 6.07) is 4.43. The van der Waals surface area contributed by atoms with Gasteiger partial charge in [-0.1, -0.05) is 6.92 Å². The zero-order chi connectivity index (χ0) is 12.7. The molecule has 1 N–H and O–H groups in total. The second-order valence-electron chi connectivity index (χ2n) is 5.03. The number of rotatable bonds is 3. The number of nitrogens with zero attached hydrogens (tertiary/aromatic N) is 1. The van der Waals surface area contributed by atoms with Gasteiger partial charge in [-0.25, -0.2) is 0 Å². The molecule has 18 heavy (non-hydrogen) atoms. The lowest BCUT2D eigenvalue weighted by Crippen LogP contribution is -2.00. The summed E-state index contributed by atoms with van der Waals surface area (Å²) in [5, 5.41) is 4.47. The topological polar surface area (TPSA) is 34.0 Å². The van der Waals surface area contributed by atoms with Crippen molar-refractivity contribution in [3.63, 3.8) is 0 Å². The summed E-state index contributed by atoms with van der Waals surface area (Å²) >= 11 is 0. The highest BCUT2D eigenvalue weighted by Crippen LogP contribution is 2.28. The van der Waals surface area contributed by atoms with Gasteiger partial charge in [-0.15, -0.1) is 0 Å². The normalized spacial score (nSPS) is 14.1. The van der Waals surface area contributed by atoms with E-state index in [1.807, 2.05) is 6.20 Å². The van der Waals surface area contributed by atoms with Crippen LogP contribution in [0.2, 0.25) is 0 Å². The standard InChI is InChI=1S/C15H18N2O/c1-3-4-17-9-14(10(2)18)13-5-11-7-16-8-12(11)6-15(13)17/h5-6,9,16H,3-4,7-8H2,1-2H3. The number of benzene rings is 1. The van der Waals surface area contributed by atoms with E-state index in [9.17, 15) is 4.79 Å². The fourth-order valence-corrected chi connectivity index (χ4v) is 2.79. The second-order valence-corrected chi connectivity index (χ2v) is 5.03. The van der Waals surface area contributed by atoms with E-state index in [0.29, 0.717) is 0 Å². The lowest BCUT2D eigenvalue weighted by molar-refractivity contribution is 0.101. The molecule has 3 rings (SSSR count). The highest BCUT2D eigenvalue weighted by atomic mass is 16.1. The van der Waals surface area contributed by atoms with Gasteiger partial charge in [0.15, 0.2) is 5.78 Å². The van der Waals surface area contributed by atoms with Crippen molar-refractivity contribution in [1.29, 1.82) is 0 Å². The van der Waals surface area contributed by atoms with E-state index >= 15 is 0 Å². The van der Waals surface area contributed by atoms with Crippen molar-refractivity contribution in [3.05, 3.63) is 35.0 Å². The minimum atomic E-state index is 0.153. The van der Waals surface area contributed by atoms with Gasteiger partial charge in [0.05, 0.1) is 0 Å². The smallest absolute Gasteiger partial charge is 0.161 e. The number of Topliss-reactive ketones (excluding diaryl/α,β-unsaturated/α-hetero) is 1. The molecule has 0 aliphatic carbocycles. The Bertz CT molecular complexity index is 625. The molecule has 0 saturated heterocycles. The van der Waals surface area contributed by atoms with Gasteiger partial charge in [0.1, 0.15) is 0 Å². The molecule has 2 aromatic rings. The molecule has 1 aromatic heterocycles. The third-order valence-corrected chi connectivity index (χ3v) is 3.68. The van der Waals surface area contributed by atoms with E-state index in [0.717, 1.165) is 37.0 Å². The quantitative estimate of drug-likeness (QED) is 0.840. The predicted octanol–water partition coefficient (Wildman–Crippen LogP) is 2.86. The largest absolute Gasteiger partial charge is 0.347 e. The predicted molar refractivity (Wildman–Crippen MR) is 72.8 cm³/mol. The third-order valence-electron chi connectivity index (χ3n) is 3.68. The van der Waals surface area contributed by atoms with Crippen molar-refractivity contribution in [2.75, 3.05) is 0 Å². The van der Waals surface area contributed by atoms with E-state index in [4.69, 9.17) is 0 Å². The molecule has 2 heterocycles. The lowest BCUT2D eigenvalue weighted by atomic mass is 10.0. The number of hydrogen-bond acceptors (Lipinski definition) is 2. The molecule has 0 fully saturated rings. The van der Waals surface area contributed by atoms with Gasteiger partial charge in [0.2, 0.25) is 0 Å². The number of aromatic nitrogens is 1. The maximum absolute atomic E-state index is 11.7. The molecule has 0 amide bonds. The fraction of sp³-hybridized carbons (Fsp3) is 0.400. The van der Waals surface area contributed by atoms with Crippen LogP contribution < -0.4 is 5.32 Å². The van der Waals surface area contributed by atoms with E-state index in [-0.39, 0.29) is 5.78 Å². The Labute approximate surface area is 107 Å². The summed E-state index contributed by atoms with van der Waals surface area (Å²) in [4.78, 5) is 11.7. The van der Waals surface area contributed by atoms with Crippen LogP contribution >= 0.6 is 0 Å². The highest BCUT2D eigenvalue weighted by Gasteiger charge is 2.17. The van der Waals surface area contributed by atoms with E-state index in [2.05, 4.69) is 28.9 Å². The zero-order valence-corrected chi connectivity index (χ0v) is 10.9. The summed E-state index contributed by atoms with van der Waals surface area (Å²) in [6.45, 7) is 6.64. The summed E-state index contributed by atoms with van der Waals surface area (Å²) in [5.41, 5.74) is 4.75. The van der Waals surface area contributed by atoms with Crippen LogP contribution in [0, 0.1) is 0 Å². The minimum absolute atomic E-state index is 0.153. The van der Waals surface area contributed by atoms with Crippen LogP contribution in [0.25, 0.3) is 10.9 Å².